The number of aromatic nitrogens is 4. The van der Waals surface area contributed by atoms with Crippen molar-refractivity contribution >= 4 is 34.2 Å². The maximum atomic E-state index is 12.3. The van der Waals surface area contributed by atoms with E-state index < -0.39 is 0 Å². The molecule has 26 heavy (non-hydrogen) atoms. The third-order valence-corrected chi connectivity index (χ3v) is 4.49. The van der Waals surface area contributed by atoms with Crippen molar-refractivity contribution < 1.29 is 0 Å². The summed E-state index contributed by atoms with van der Waals surface area (Å²) in [5.41, 5.74) is 4.49. The van der Waals surface area contributed by atoms with Crippen molar-refractivity contribution in [1.82, 2.24) is 19.1 Å². The number of anilines is 4. The summed E-state index contributed by atoms with van der Waals surface area (Å²) >= 11 is 0. The molecule has 8 heteroatoms. The first kappa shape index (κ1) is 17.8. The maximum absolute atomic E-state index is 12.3. The van der Waals surface area contributed by atoms with E-state index in [0.717, 1.165) is 33.8 Å². The molecule has 0 bridgehead atoms. The quantitative estimate of drug-likeness (QED) is 0.770. The minimum atomic E-state index is -0.0525. The summed E-state index contributed by atoms with van der Waals surface area (Å²) in [6.07, 6.45) is 1.80. The van der Waals surface area contributed by atoms with Crippen LogP contribution in [0.4, 0.5) is 23.1 Å². The predicted molar refractivity (Wildman–Crippen MR) is 107 cm³/mol. The molecule has 0 amide bonds. The van der Waals surface area contributed by atoms with Crippen molar-refractivity contribution in [3.05, 3.63) is 34.4 Å². The van der Waals surface area contributed by atoms with Gasteiger partial charge >= 0.3 is 5.69 Å². The summed E-state index contributed by atoms with van der Waals surface area (Å²) in [6.45, 7) is 1.98. The molecule has 0 radical (unpaired) electrons. The zero-order chi connectivity index (χ0) is 19.2. The van der Waals surface area contributed by atoms with Crippen LogP contribution in [0.15, 0.2) is 23.1 Å². The van der Waals surface area contributed by atoms with Crippen LogP contribution in [-0.2, 0) is 14.1 Å². The molecule has 2 heterocycles. The normalized spacial score (nSPS) is 11.0. The molecule has 0 aliphatic heterocycles. The molecule has 0 atom stereocenters. The second kappa shape index (κ2) is 6.36. The zero-order valence-corrected chi connectivity index (χ0v) is 16.3. The topological polar surface area (TPSA) is 71.2 Å². The van der Waals surface area contributed by atoms with Crippen molar-refractivity contribution in [3.63, 3.8) is 0 Å². The van der Waals surface area contributed by atoms with Gasteiger partial charge in [0.15, 0.2) is 0 Å². The van der Waals surface area contributed by atoms with Crippen LogP contribution >= 0.6 is 0 Å². The Bertz CT molecular complexity index is 1030. The SMILES string of the molecule is Cc1cnc(Nc2cc3c(cc2N(C)C)n(C)c(=O)n3C)nc1N(C)C. The molecule has 0 fully saturated rings. The Balaban J connectivity index is 2.15. The average molecular weight is 355 g/mol. The van der Waals surface area contributed by atoms with Crippen molar-refractivity contribution in [3.8, 4) is 0 Å². The van der Waals surface area contributed by atoms with Crippen LogP contribution in [0.1, 0.15) is 5.56 Å². The fourth-order valence-corrected chi connectivity index (χ4v) is 3.07. The molecule has 0 unspecified atom stereocenters. The summed E-state index contributed by atoms with van der Waals surface area (Å²) in [5.74, 6) is 1.38. The molecule has 2 aromatic heterocycles. The monoisotopic (exact) mass is 355 g/mol. The van der Waals surface area contributed by atoms with E-state index in [9.17, 15) is 4.79 Å². The molecule has 0 saturated carbocycles. The van der Waals surface area contributed by atoms with E-state index in [1.165, 1.54) is 0 Å². The third kappa shape index (κ3) is 2.87. The Labute approximate surface area is 152 Å². The van der Waals surface area contributed by atoms with Crippen LogP contribution in [0.25, 0.3) is 11.0 Å². The molecule has 0 aliphatic rings. The largest absolute Gasteiger partial charge is 0.376 e. The van der Waals surface area contributed by atoms with E-state index in [1.54, 1.807) is 29.4 Å². The number of imidazole rings is 1. The van der Waals surface area contributed by atoms with Crippen LogP contribution in [0.3, 0.4) is 0 Å². The molecule has 1 aromatic carbocycles. The van der Waals surface area contributed by atoms with E-state index in [2.05, 4.69) is 15.3 Å². The number of nitrogens with one attached hydrogen (secondary N) is 1. The van der Waals surface area contributed by atoms with Crippen LogP contribution in [0.2, 0.25) is 0 Å². The molecule has 8 nitrogen and oxygen atoms in total. The second-order valence-corrected chi connectivity index (χ2v) is 6.87. The number of hydrogen-bond donors (Lipinski definition) is 1. The number of fused-ring (bicyclic) bond motifs is 1. The molecule has 3 aromatic rings. The smallest absolute Gasteiger partial charge is 0.328 e. The van der Waals surface area contributed by atoms with Gasteiger partial charge in [-0.1, -0.05) is 0 Å². The van der Waals surface area contributed by atoms with Crippen LogP contribution in [-0.4, -0.2) is 47.3 Å². The second-order valence-electron chi connectivity index (χ2n) is 6.87. The van der Waals surface area contributed by atoms with Gasteiger partial charge in [-0.15, -0.1) is 0 Å². The molecule has 3 rings (SSSR count). The number of hydrogen-bond acceptors (Lipinski definition) is 6. The first-order valence-electron chi connectivity index (χ1n) is 8.35. The number of benzene rings is 1. The Morgan fingerprint density at radius 2 is 1.62 bits per heavy atom. The first-order valence-corrected chi connectivity index (χ1v) is 8.35. The van der Waals surface area contributed by atoms with Gasteiger partial charge < -0.3 is 15.1 Å². The molecule has 1 N–H and O–H groups in total. The van der Waals surface area contributed by atoms with Gasteiger partial charge in [0.2, 0.25) is 5.95 Å². The molecule has 138 valence electrons. The number of nitrogens with zero attached hydrogens (tertiary/aromatic N) is 6. The Morgan fingerprint density at radius 3 is 2.19 bits per heavy atom. The minimum absolute atomic E-state index is 0.0525. The van der Waals surface area contributed by atoms with Gasteiger partial charge in [0.1, 0.15) is 5.82 Å². The number of aryl methyl sites for hydroxylation is 3. The highest BCUT2D eigenvalue weighted by atomic mass is 16.1. The minimum Gasteiger partial charge on any atom is -0.376 e. The van der Waals surface area contributed by atoms with Gasteiger partial charge in [0, 0.05) is 54.0 Å². The van der Waals surface area contributed by atoms with E-state index in [1.807, 2.05) is 57.0 Å². The first-order chi connectivity index (χ1) is 12.2. The molecule has 0 spiro atoms. The van der Waals surface area contributed by atoms with Crippen molar-refractivity contribution in [2.75, 3.05) is 43.3 Å². The van der Waals surface area contributed by atoms with Gasteiger partial charge in [-0.2, -0.15) is 4.98 Å². The lowest BCUT2D eigenvalue weighted by atomic mass is 10.2. The fraction of sp³-hybridized carbons (Fsp3) is 0.389. The fourth-order valence-electron chi connectivity index (χ4n) is 3.07. The summed E-state index contributed by atoms with van der Waals surface area (Å²) < 4.78 is 3.29. The lowest BCUT2D eigenvalue weighted by molar-refractivity contribution is 0.795. The Kier molecular flexibility index (Phi) is 4.35. The lowest BCUT2D eigenvalue weighted by Gasteiger charge is -2.20. The molecular weight excluding hydrogens is 330 g/mol. The zero-order valence-electron chi connectivity index (χ0n) is 16.3. The van der Waals surface area contributed by atoms with Gasteiger partial charge in [-0.25, -0.2) is 9.78 Å². The third-order valence-electron chi connectivity index (χ3n) is 4.49. The van der Waals surface area contributed by atoms with Gasteiger partial charge in [-0.05, 0) is 19.1 Å². The highest BCUT2D eigenvalue weighted by Gasteiger charge is 2.15. The Morgan fingerprint density at radius 1 is 1.00 bits per heavy atom. The van der Waals surface area contributed by atoms with E-state index >= 15 is 0 Å². The Hall–Kier alpha value is -3.03. The van der Waals surface area contributed by atoms with Crippen molar-refractivity contribution in [2.45, 2.75) is 6.92 Å². The van der Waals surface area contributed by atoms with Gasteiger partial charge in [0.05, 0.1) is 22.4 Å². The van der Waals surface area contributed by atoms with E-state index in [-0.39, 0.29) is 5.69 Å². The lowest BCUT2D eigenvalue weighted by Crippen LogP contribution is -2.19. The summed E-state index contributed by atoms with van der Waals surface area (Å²) in [5, 5.41) is 3.31. The van der Waals surface area contributed by atoms with Gasteiger partial charge in [0.25, 0.3) is 0 Å². The standard InChI is InChI=1S/C18H25N7O/c1-11-10-19-17(21-16(11)23(4)5)20-12-8-14-15(9-13(12)22(2)3)25(7)18(26)24(14)6/h8-10H,1-7H3,(H,19,20,21). The molecule has 0 aliphatic carbocycles. The van der Waals surface area contributed by atoms with Crippen molar-refractivity contribution in [1.29, 1.82) is 0 Å². The summed E-state index contributed by atoms with van der Waals surface area (Å²) in [7, 11) is 11.4. The average Bonchev–Trinajstić information content (AvgIpc) is 2.79. The summed E-state index contributed by atoms with van der Waals surface area (Å²) in [4.78, 5) is 25.2. The highest BCUT2D eigenvalue weighted by molar-refractivity contribution is 5.89. The van der Waals surface area contributed by atoms with Crippen LogP contribution in [0, 0.1) is 6.92 Å². The van der Waals surface area contributed by atoms with Crippen LogP contribution < -0.4 is 20.8 Å². The number of rotatable bonds is 4. The predicted octanol–water partition coefficient (Wildman–Crippen LogP) is 1.85. The molecular formula is C18H25N7O. The maximum Gasteiger partial charge on any atom is 0.328 e. The highest BCUT2D eigenvalue weighted by Crippen LogP contribution is 2.31. The molecule has 0 saturated heterocycles. The van der Waals surface area contributed by atoms with Crippen molar-refractivity contribution in [2.24, 2.45) is 14.1 Å². The summed E-state index contributed by atoms with van der Waals surface area (Å²) in [6, 6.07) is 3.96. The van der Waals surface area contributed by atoms with E-state index in [4.69, 9.17) is 0 Å². The van der Waals surface area contributed by atoms with E-state index in [0.29, 0.717) is 5.95 Å². The van der Waals surface area contributed by atoms with Crippen LogP contribution in [0.5, 0.6) is 0 Å². The van der Waals surface area contributed by atoms with Gasteiger partial charge in [-0.3, -0.25) is 9.13 Å².